The first-order valence-electron chi connectivity index (χ1n) is 9.68. The third kappa shape index (κ3) is 5.44. The minimum absolute atomic E-state index is 0.00881. The third-order valence-corrected chi connectivity index (χ3v) is 6.17. The number of rotatable bonds is 8. The van der Waals surface area contributed by atoms with Crippen molar-refractivity contribution in [1.82, 2.24) is 15.0 Å². The summed E-state index contributed by atoms with van der Waals surface area (Å²) in [5.74, 6) is -0.483. The second-order valence-corrected chi connectivity index (χ2v) is 8.87. The quantitative estimate of drug-likeness (QED) is 0.559. The van der Waals surface area contributed by atoms with Crippen molar-refractivity contribution in [2.24, 2.45) is 0 Å². The lowest BCUT2D eigenvalue weighted by molar-refractivity contribution is 0.0950. The molecule has 0 saturated heterocycles. The SMILES string of the molecule is O=C(NCc1ccc(Oc2cccnc2)c(F)c1)c1ccc(S(=O)(=O)NC2CC2)cc1. The van der Waals surface area contributed by atoms with Crippen molar-refractivity contribution in [2.45, 2.75) is 30.3 Å². The minimum atomic E-state index is -3.57. The van der Waals surface area contributed by atoms with Crippen molar-refractivity contribution in [3.8, 4) is 11.5 Å². The molecule has 1 saturated carbocycles. The molecule has 0 aliphatic heterocycles. The highest BCUT2D eigenvalue weighted by Gasteiger charge is 2.27. The van der Waals surface area contributed by atoms with Crippen LogP contribution in [-0.4, -0.2) is 25.4 Å². The van der Waals surface area contributed by atoms with Gasteiger partial charge in [-0.15, -0.1) is 0 Å². The van der Waals surface area contributed by atoms with Gasteiger partial charge in [-0.3, -0.25) is 9.78 Å². The smallest absolute Gasteiger partial charge is 0.251 e. The molecule has 0 spiro atoms. The van der Waals surface area contributed by atoms with E-state index in [9.17, 15) is 17.6 Å². The summed E-state index contributed by atoms with van der Waals surface area (Å²) in [7, 11) is -3.57. The van der Waals surface area contributed by atoms with Crippen LogP contribution in [0.15, 0.2) is 71.9 Å². The first-order valence-corrected chi connectivity index (χ1v) is 11.2. The summed E-state index contributed by atoms with van der Waals surface area (Å²) >= 11 is 0. The van der Waals surface area contributed by atoms with Gasteiger partial charge in [-0.25, -0.2) is 17.5 Å². The van der Waals surface area contributed by atoms with E-state index in [1.165, 1.54) is 42.6 Å². The highest BCUT2D eigenvalue weighted by atomic mass is 32.2. The van der Waals surface area contributed by atoms with E-state index in [2.05, 4.69) is 15.0 Å². The molecule has 1 amide bonds. The van der Waals surface area contributed by atoms with Crippen molar-refractivity contribution >= 4 is 15.9 Å². The van der Waals surface area contributed by atoms with E-state index in [1.807, 2.05) is 0 Å². The second-order valence-electron chi connectivity index (χ2n) is 7.16. The zero-order valence-electron chi connectivity index (χ0n) is 16.4. The number of hydrogen-bond donors (Lipinski definition) is 2. The molecule has 4 rings (SSSR count). The van der Waals surface area contributed by atoms with Gasteiger partial charge in [-0.1, -0.05) is 6.07 Å². The number of nitrogens with zero attached hydrogens (tertiary/aromatic N) is 1. The Balaban J connectivity index is 1.35. The molecule has 1 aromatic heterocycles. The van der Waals surface area contributed by atoms with Gasteiger partial charge < -0.3 is 10.1 Å². The van der Waals surface area contributed by atoms with Crippen LogP contribution in [0.3, 0.4) is 0 Å². The summed E-state index contributed by atoms with van der Waals surface area (Å²) < 4.78 is 46.7. The number of carbonyl (C=O) groups excluding carboxylic acids is 1. The van der Waals surface area contributed by atoms with E-state index in [1.54, 1.807) is 24.4 Å². The lowest BCUT2D eigenvalue weighted by atomic mass is 10.2. The molecule has 160 valence electrons. The van der Waals surface area contributed by atoms with Crippen LogP contribution in [0.4, 0.5) is 4.39 Å². The Morgan fingerprint density at radius 1 is 1.13 bits per heavy atom. The molecule has 0 radical (unpaired) electrons. The van der Waals surface area contributed by atoms with Crippen LogP contribution in [0.25, 0.3) is 0 Å². The summed E-state index contributed by atoms with van der Waals surface area (Å²) in [5.41, 5.74) is 0.861. The number of pyridine rings is 1. The first-order chi connectivity index (χ1) is 14.9. The second kappa shape index (κ2) is 8.83. The van der Waals surface area contributed by atoms with E-state index >= 15 is 0 Å². The normalized spacial score (nSPS) is 13.6. The fourth-order valence-electron chi connectivity index (χ4n) is 2.83. The van der Waals surface area contributed by atoms with Gasteiger partial charge in [-0.2, -0.15) is 0 Å². The molecule has 1 aliphatic rings. The maximum absolute atomic E-state index is 14.3. The van der Waals surface area contributed by atoms with Gasteiger partial charge in [0.25, 0.3) is 5.91 Å². The Morgan fingerprint density at radius 2 is 1.90 bits per heavy atom. The van der Waals surface area contributed by atoms with Crippen LogP contribution >= 0.6 is 0 Å². The van der Waals surface area contributed by atoms with Gasteiger partial charge in [0, 0.05) is 24.3 Å². The fourth-order valence-corrected chi connectivity index (χ4v) is 4.14. The summed E-state index contributed by atoms with van der Waals surface area (Å²) in [4.78, 5) is 16.4. The zero-order chi connectivity index (χ0) is 21.8. The molecule has 0 unspecified atom stereocenters. The molecule has 2 N–H and O–H groups in total. The maximum Gasteiger partial charge on any atom is 0.251 e. The standard InChI is InChI=1S/C22H20FN3O4S/c23-20-12-15(3-10-21(20)30-18-2-1-11-24-14-18)13-25-22(27)16-4-8-19(9-5-16)31(28,29)26-17-6-7-17/h1-5,8-12,14,17,26H,6-7,13H2,(H,25,27). The molecule has 3 aromatic rings. The van der Waals surface area contributed by atoms with Crippen molar-refractivity contribution in [3.63, 3.8) is 0 Å². The molecule has 2 aromatic carbocycles. The monoisotopic (exact) mass is 441 g/mol. The van der Waals surface area contributed by atoms with Crippen LogP contribution in [-0.2, 0) is 16.6 Å². The van der Waals surface area contributed by atoms with Gasteiger partial charge in [-0.05, 0) is 66.9 Å². The van der Waals surface area contributed by atoms with Gasteiger partial charge in [0.15, 0.2) is 11.6 Å². The molecule has 1 aliphatic carbocycles. The van der Waals surface area contributed by atoms with E-state index in [0.29, 0.717) is 16.9 Å². The van der Waals surface area contributed by atoms with Crippen LogP contribution in [0.2, 0.25) is 0 Å². The molecule has 1 heterocycles. The number of benzene rings is 2. The predicted octanol–water partition coefficient (Wildman–Crippen LogP) is 3.38. The molecular weight excluding hydrogens is 421 g/mol. The number of carbonyl (C=O) groups is 1. The van der Waals surface area contributed by atoms with E-state index < -0.39 is 21.7 Å². The van der Waals surface area contributed by atoms with Crippen molar-refractivity contribution in [1.29, 1.82) is 0 Å². The Kier molecular flexibility index (Phi) is 5.97. The lowest BCUT2D eigenvalue weighted by Gasteiger charge is -2.10. The Morgan fingerprint density at radius 3 is 2.55 bits per heavy atom. The predicted molar refractivity (Wildman–Crippen MR) is 112 cm³/mol. The van der Waals surface area contributed by atoms with Crippen molar-refractivity contribution in [2.75, 3.05) is 0 Å². The number of sulfonamides is 1. The molecule has 1 fully saturated rings. The Labute approximate surface area is 179 Å². The summed E-state index contributed by atoms with van der Waals surface area (Å²) in [6.07, 6.45) is 4.76. The summed E-state index contributed by atoms with van der Waals surface area (Å²) in [6, 6.07) is 13.4. The molecule has 7 nitrogen and oxygen atoms in total. The van der Waals surface area contributed by atoms with Gasteiger partial charge >= 0.3 is 0 Å². The van der Waals surface area contributed by atoms with Crippen LogP contribution in [0.1, 0.15) is 28.8 Å². The topological polar surface area (TPSA) is 97.4 Å². The van der Waals surface area contributed by atoms with Crippen molar-refractivity contribution in [3.05, 3.63) is 83.9 Å². The molecule has 31 heavy (non-hydrogen) atoms. The van der Waals surface area contributed by atoms with Gasteiger partial charge in [0.1, 0.15) is 5.75 Å². The molecule has 0 bridgehead atoms. The Bertz CT molecular complexity index is 1180. The summed E-state index contributed by atoms with van der Waals surface area (Å²) in [5, 5.41) is 2.69. The highest BCUT2D eigenvalue weighted by molar-refractivity contribution is 7.89. The Hall–Kier alpha value is -3.30. The lowest BCUT2D eigenvalue weighted by Crippen LogP contribution is -2.26. The van der Waals surface area contributed by atoms with Gasteiger partial charge in [0.2, 0.25) is 10.0 Å². The fraction of sp³-hybridized carbons (Fsp3) is 0.182. The maximum atomic E-state index is 14.3. The van der Waals surface area contributed by atoms with E-state index in [-0.39, 0.29) is 23.2 Å². The molecule has 9 heteroatoms. The largest absolute Gasteiger partial charge is 0.453 e. The number of ether oxygens (including phenoxy) is 1. The average molecular weight is 441 g/mol. The number of amides is 1. The van der Waals surface area contributed by atoms with Gasteiger partial charge in [0.05, 0.1) is 11.1 Å². The van der Waals surface area contributed by atoms with Crippen molar-refractivity contribution < 1.29 is 22.3 Å². The zero-order valence-corrected chi connectivity index (χ0v) is 17.2. The van der Waals surface area contributed by atoms with Crippen LogP contribution < -0.4 is 14.8 Å². The van der Waals surface area contributed by atoms with E-state index in [0.717, 1.165) is 12.8 Å². The highest BCUT2D eigenvalue weighted by Crippen LogP contribution is 2.25. The number of halogens is 1. The average Bonchev–Trinajstić information content (AvgIpc) is 3.58. The first kappa shape index (κ1) is 21.0. The van der Waals surface area contributed by atoms with Crippen LogP contribution in [0.5, 0.6) is 11.5 Å². The molecular formula is C22H20FN3O4S. The van der Waals surface area contributed by atoms with E-state index in [4.69, 9.17) is 4.74 Å². The number of aromatic nitrogens is 1. The van der Waals surface area contributed by atoms with Crippen LogP contribution in [0, 0.1) is 5.82 Å². The molecule has 0 atom stereocenters. The third-order valence-electron chi connectivity index (χ3n) is 4.64. The number of nitrogens with one attached hydrogen (secondary N) is 2. The number of hydrogen-bond acceptors (Lipinski definition) is 5. The summed E-state index contributed by atoms with van der Waals surface area (Å²) in [6.45, 7) is 0.103. The minimum Gasteiger partial charge on any atom is -0.453 e.